The number of Topliss-reactive ketones (excluding diaryl/α,β-unsaturated/α-hetero) is 1. The van der Waals surface area contributed by atoms with Crippen molar-refractivity contribution in [2.75, 3.05) is 18.0 Å². The summed E-state index contributed by atoms with van der Waals surface area (Å²) < 4.78 is 6.66. The molecule has 126 valence electrons. The number of para-hydroxylation sites is 1. The van der Waals surface area contributed by atoms with Crippen LogP contribution in [-0.2, 0) is 0 Å². The Morgan fingerprint density at radius 3 is 2.68 bits per heavy atom. The number of nitriles is 1. The van der Waals surface area contributed by atoms with Gasteiger partial charge in [-0.05, 0) is 35.0 Å². The first-order valence-electron chi connectivity index (χ1n) is 8.06. The SMILES string of the molecule is Cc1nc(N2CCC3(CC2)Oc2ccccc2C3=O)nc(C#N)c1Br. The molecule has 3 heterocycles. The van der Waals surface area contributed by atoms with Gasteiger partial charge in [-0.2, -0.15) is 5.26 Å². The molecule has 1 aromatic carbocycles. The number of nitrogens with zero attached hydrogens (tertiary/aromatic N) is 4. The third kappa shape index (κ3) is 2.48. The minimum absolute atomic E-state index is 0.0633. The predicted octanol–water partition coefficient (Wildman–Crippen LogP) is 3.03. The zero-order valence-corrected chi connectivity index (χ0v) is 15.2. The number of aryl methyl sites for hydroxylation is 1. The number of aromatic nitrogens is 2. The number of halogens is 1. The van der Waals surface area contributed by atoms with Crippen LogP contribution in [0.3, 0.4) is 0 Å². The maximum atomic E-state index is 12.8. The molecular weight excluding hydrogens is 384 g/mol. The molecule has 1 saturated heterocycles. The summed E-state index contributed by atoms with van der Waals surface area (Å²) in [6.45, 7) is 3.04. The highest BCUT2D eigenvalue weighted by atomic mass is 79.9. The number of hydrogen-bond donors (Lipinski definition) is 0. The van der Waals surface area contributed by atoms with Gasteiger partial charge in [-0.1, -0.05) is 12.1 Å². The lowest BCUT2D eigenvalue weighted by Crippen LogP contribution is -2.51. The van der Waals surface area contributed by atoms with E-state index in [0.717, 1.165) is 5.69 Å². The minimum atomic E-state index is -0.775. The summed E-state index contributed by atoms with van der Waals surface area (Å²) in [6.07, 6.45) is 1.14. The highest BCUT2D eigenvalue weighted by Gasteiger charge is 2.49. The van der Waals surface area contributed by atoms with Crippen LogP contribution in [0.2, 0.25) is 0 Å². The van der Waals surface area contributed by atoms with E-state index in [1.165, 1.54) is 0 Å². The van der Waals surface area contributed by atoms with Crippen molar-refractivity contribution in [2.45, 2.75) is 25.4 Å². The Morgan fingerprint density at radius 2 is 2.00 bits per heavy atom. The van der Waals surface area contributed by atoms with Gasteiger partial charge in [-0.15, -0.1) is 0 Å². The Hall–Kier alpha value is -2.46. The topological polar surface area (TPSA) is 79.1 Å². The fourth-order valence-corrected chi connectivity index (χ4v) is 3.67. The predicted molar refractivity (Wildman–Crippen MR) is 94.8 cm³/mol. The first-order chi connectivity index (χ1) is 12.0. The van der Waals surface area contributed by atoms with Crippen molar-refractivity contribution in [3.05, 3.63) is 45.7 Å². The smallest absolute Gasteiger partial charge is 0.226 e. The Morgan fingerprint density at radius 1 is 1.28 bits per heavy atom. The van der Waals surface area contributed by atoms with Gasteiger partial charge >= 0.3 is 0 Å². The molecule has 1 aromatic heterocycles. The number of fused-ring (bicyclic) bond motifs is 1. The lowest BCUT2D eigenvalue weighted by molar-refractivity contribution is 0.0453. The largest absolute Gasteiger partial charge is 0.478 e. The Kier molecular flexibility index (Phi) is 3.73. The van der Waals surface area contributed by atoms with E-state index < -0.39 is 5.60 Å². The lowest BCUT2D eigenvalue weighted by atomic mass is 9.86. The fourth-order valence-electron chi connectivity index (χ4n) is 3.40. The molecule has 2 aliphatic rings. The van der Waals surface area contributed by atoms with Crippen LogP contribution < -0.4 is 9.64 Å². The standard InChI is InChI=1S/C18H15BrN4O2/c1-11-15(19)13(10-20)22-17(21-11)23-8-6-18(7-9-23)16(24)12-4-2-3-5-14(12)25-18/h2-5H,6-9H2,1H3. The molecule has 0 amide bonds. The van der Waals surface area contributed by atoms with Gasteiger partial charge in [0.1, 0.15) is 11.8 Å². The lowest BCUT2D eigenvalue weighted by Gasteiger charge is -2.37. The monoisotopic (exact) mass is 398 g/mol. The van der Waals surface area contributed by atoms with Gasteiger partial charge in [0.2, 0.25) is 11.7 Å². The van der Waals surface area contributed by atoms with Crippen LogP contribution in [0.15, 0.2) is 28.7 Å². The molecule has 25 heavy (non-hydrogen) atoms. The summed E-state index contributed by atoms with van der Waals surface area (Å²) in [5.41, 5.74) is 0.937. The van der Waals surface area contributed by atoms with Crippen LogP contribution in [0.25, 0.3) is 0 Å². The van der Waals surface area contributed by atoms with Crippen LogP contribution in [-0.4, -0.2) is 34.4 Å². The van der Waals surface area contributed by atoms with Crippen LogP contribution in [0.4, 0.5) is 5.95 Å². The summed E-state index contributed by atoms with van der Waals surface area (Å²) in [5, 5.41) is 9.21. The second kappa shape index (κ2) is 5.81. The van der Waals surface area contributed by atoms with Gasteiger partial charge in [-0.25, -0.2) is 9.97 Å². The highest BCUT2D eigenvalue weighted by Crippen LogP contribution is 2.41. The highest BCUT2D eigenvalue weighted by molar-refractivity contribution is 9.10. The average Bonchev–Trinajstić information content (AvgIpc) is 2.90. The second-order valence-corrected chi connectivity index (χ2v) is 7.09. The maximum Gasteiger partial charge on any atom is 0.226 e. The average molecular weight is 399 g/mol. The molecule has 6 nitrogen and oxygen atoms in total. The maximum absolute atomic E-state index is 12.8. The van der Waals surface area contributed by atoms with Gasteiger partial charge in [0.15, 0.2) is 11.3 Å². The van der Waals surface area contributed by atoms with Crippen molar-refractivity contribution >= 4 is 27.7 Å². The minimum Gasteiger partial charge on any atom is -0.478 e. The third-order valence-corrected chi connectivity index (χ3v) is 5.77. The summed E-state index contributed by atoms with van der Waals surface area (Å²) in [7, 11) is 0. The van der Waals surface area contributed by atoms with Crippen molar-refractivity contribution in [3.63, 3.8) is 0 Å². The number of benzene rings is 1. The Balaban J connectivity index is 1.56. The fraction of sp³-hybridized carbons (Fsp3) is 0.333. The summed E-state index contributed by atoms with van der Waals surface area (Å²) in [6, 6.07) is 9.47. The Labute approximate surface area is 153 Å². The number of rotatable bonds is 1. The molecule has 2 aromatic rings. The van der Waals surface area contributed by atoms with E-state index in [1.54, 1.807) is 0 Å². The van der Waals surface area contributed by atoms with E-state index >= 15 is 0 Å². The number of anilines is 1. The molecule has 0 N–H and O–H groups in total. The van der Waals surface area contributed by atoms with Gasteiger partial charge < -0.3 is 9.64 Å². The molecule has 0 aliphatic carbocycles. The van der Waals surface area contributed by atoms with Crippen molar-refractivity contribution < 1.29 is 9.53 Å². The first-order valence-corrected chi connectivity index (χ1v) is 8.85. The number of carbonyl (C=O) groups is 1. The van der Waals surface area contributed by atoms with Crippen LogP contribution in [0, 0.1) is 18.3 Å². The quantitative estimate of drug-likeness (QED) is 0.734. The normalized spacial score (nSPS) is 18.0. The zero-order chi connectivity index (χ0) is 17.6. The molecule has 0 unspecified atom stereocenters. The van der Waals surface area contributed by atoms with Gasteiger partial charge in [0.05, 0.1) is 15.7 Å². The molecular formula is C18H15BrN4O2. The Bertz CT molecular complexity index is 914. The summed E-state index contributed by atoms with van der Waals surface area (Å²) in [4.78, 5) is 23.6. The molecule has 0 saturated carbocycles. The summed E-state index contributed by atoms with van der Waals surface area (Å²) in [5.74, 6) is 1.26. The zero-order valence-electron chi connectivity index (χ0n) is 13.6. The van der Waals surface area contributed by atoms with E-state index in [9.17, 15) is 10.1 Å². The number of carbonyl (C=O) groups excluding carboxylic acids is 1. The van der Waals surface area contributed by atoms with Gasteiger partial charge in [-0.3, -0.25) is 4.79 Å². The molecule has 2 aliphatic heterocycles. The number of ether oxygens (including phenoxy) is 1. The van der Waals surface area contributed by atoms with Crippen LogP contribution >= 0.6 is 15.9 Å². The van der Waals surface area contributed by atoms with Crippen molar-refractivity contribution in [1.29, 1.82) is 5.26 Å². The van der Waals surface area contributed by atoms with Crippen LogP contribution in [0.5, 0.6) is 5.75 Å². The first kappa shape index (κ1) is 16.0. The van der Waals surface area contributed by atoms with E-state index in [-0.39, 0.29) is 5.78 Å². The molecule has 7 heteroatoms. The molecule has 1 fully saturated rings. The number of hydrogen-bond acceptors (Lipinski definition) is 6. The molecule has 4 rings (SSSR count). The van der Waals surface area contributed by atoms with E-state index in [0.29, 0.717) is 53.4 Å². The van der Waals surface area contributed by atoms with Crippen molar-refractivity contribution in [2.24, 2.45) is 0 Å². The van der Waals surface area contributed by atoms with E-state index in [1.807, 2.05) is 36.1 Å². The van der Waals surface area contributed by atoms with E-state index in [4.69, 9.17) is 4.74 Å². The molecule has 0 radical (unpaired) electrons. The van der Waals surface area contributed by atoms with Crippen molar-refractivity contribution in [1.82, 2.24) is 9.97 Å². The molecule has 0 bridgehead atoms. The number of piperidine rings is 1. The summed E-state index contributed by atoms with van der Waals surface area (Å²) >= 11 is 3.34. The third-order valence-electron chi connectivity index (χ3n) is 4.82. The number of ketones is 1. The van der Waals surface area contributed by atoms with E-state index in [2.05, 4.69) is 32.0 Å². The van der Waals surface area contributed by atoms with Crippen molar-refractivity contribution in [3.8, 4) is 11.8 Å². The molecule has 1 spiro atoms. The van der Waals surface area contributed by atoms with Gasteiger partial charge in [0, 0.05) is 25.9 Å². The van der Waals surface area contributed by atoms with Crippen LogP contribution in [0.1, 0.15) is 34.6 Å². The molecule has 0 atom stereocenters. The second-order valence-electron chi connectivity index (χ2n) is 6.29. The van der Waals surface area contributed by atoms with Gasteiger partial charge in [0.25, 0.3) is 0 Å².